The molecule has 6 heteroatoms. The third kappa shape index (κ3) is 4.38. The first-order chi connectivity index (χ1) is 9.49. The highest BCUT2D eigenvalue weighted by molar-refractivity contribution is 5.96. The monoisotopic (exact) mass is 284 g/mol. The van der Waals surface area contributed by atoms with Crippen LogP contribution in [-0.2, 0) is 9.47 Å². The van der Waals surface area contributed by atoms with Gasteiger partial charge in [0.25, 0.3) is 0 Å². The molecule has 1 rings (SSSR count). The molecule has 0 aromatic heterocycles. The maximum absolute atomic E-state index is 13.8. The van der Waals surface area contributed by atoms with Crippen LogP contribution < -0.4 is 11.1 Å². The van der Waals surface area contributed by atoms with Gasteiger partial charge in [0.2, 0.25) is 0 Å². The molecule has 0 fully saturated rings. The van der Waals surface area contributed by atoms with E-state index in [1.807, 2.05) is 13.8 Å². The van der Waals surface area contributed by atoms with Gasteiger partial charge in [0.05, 0.1) is 24.0 Å². The second-order valence-corrected chi connectivity index (χ2v) is 4.29. The van der Waals surface area contributed by atoms with E-state index in [0.29, 0.717) is 13.2 Å². The van der Waals surface area contributed by atoms with Crippen LogP contribution in [-0.4, -0.2) is 31.8 Å². The van der Waals surface area contributed by atoms with Crippen LogP contribution in [0, 0.1) is 5.82 Å². The van der Waals surface area contributed by atoms with Crippen LogP contribution in [0.1, 0.15) is 31.1 Å². The third-order valence-corrected chi connectivity index (χ3v) is 2.67. The van der Waals surface area contributed by atoms with Crippen molar-refractivity contribution in [3.8, 4) is 0 Å². The van der Waals surface area contributed by atoms with Gasteiger partial charge in [0.15, 0.2) is 0 Å². The highest BCUT2D eigenvalue weighted by Gasteiger charge is 2.15. The molecular formula is C14H21FN2O3. The minimum absolute atomic E-state index is 0.0596. The van der Waals surface area contributed by atoms with Gasteiger partial charge in [0.1, 0.15) is 5.82 Å². The van der Waals surface area contributed by atoms with Gasteiger partial charge in [-0.2, -0.15) is 0 Å². The molecule has 1 unspecified atom stereocenters. The number of esters is 1. The number of anilines is 2. The Hall–Kier alpha value is -1.82. The van der Waals surface area contributed by atoms with E-state index in [9.17, 15) is 9.18 Å². The summed E-state index contributed by atoms with van der Waals surface area (Å²) in [7, 11) is 0. The summed E-state index contributed by atoms with van der Waals surface area (Å²) in [5.41, 5.74) is 6.05. The third-order valence-electron chi connectivity index (χ3n) is 2.67. The second-order valence-electron chi connectivity index (χ2n) is 4.29. The van der Waals surface area contributed by atoms with Crippen molar-refractivity contribution < 1.29 is 18.7 Å². The van der Waals surface area contributed by atoms with Crippen molar-refractivity contribution in [1.82, 2.24) is 0 Å². The van der Waals surface area contributed by atoms with E-state index in [2.05, 4.69) is 5.32 Å². The Bertz CT molecular complexity index is 466. The van der Waals surface area contributed by atoms with Crippen molar-refractivity contribution in [3.05, 3.63) is 23.5 Å². The largest absolute Gasteiger partial charge is 0.462 e. The average molecular weight is 284 g/mol. The predicted octanol–water partition coefficient (Wildman–Crippen LogP) is 2.42. The summed E-state index contributed by atoms with van der Waals surface area (Å²) in [5, 5.41) is 2.90. The molecule has 1 aromatic carbocycles. The molecule has 20 heavy (non-hydrogen) atoms. The van der Waals surface area contributed by atoms with Crippen molar-refractivity contribution in [2.75, 3.05) is 30.8 Å². The van der Waals surface area contributed by atoms with E-state index in [1.165, 1.54) is 6.07 Å². The molecule has 112 valence electrons. The fourth-order valence-corrected chi connectivity index (χ4v) is 1.71. The molecule has 0 saturated carbocycles. The number of ether oxygens (including phenoxy) is 2. The molecule has 0 aliphatic heterocycles. The van der Waals surface area contributed by atoms with E-state index in [0.717, 1.165) is 6.07 Å². The first kappa shape index (κ1) is 16.2. The lowest BCUT2D eigenvalue weighted by molar-refractivity contribution is 0.0527. The molecule has 0 amide bonds. The Morgan fingerprint density at radius 1 is 1.40 bits per heavy atom. The summed E-state index contributed by atoms with van der Waals surface area (Å²) in [6.07, 6.45) is -0.0667. The van der Waals surface area contributed by atoms with Crippen LogP contribution in [0.3, 0.4) is 0 Å². The Morgan fingerprint density at radius 2 is 2.10 bits per heavy atom. The molecule has 3 N–H and O–H groups in total. The van der Waals surface area contributed by atoms with Crippen molar-refractivity contribution in [3.63, 3.8) is 0 Å². The second kappa shape index (κ2) is 7.69. The van der Waals surface area contributed by atoms with Gasteiger partial charge in [-0.15, -0.1) is 0 Å². The molecule has 5 nitrogen and oxygen atoms in total. The molecule has 0 radical (unpaired) electrons. The summed E-state index contributed by atoms with van der Waals surface area (Å²) in [6, 6.07) is 2.47. The Kier molecular flexibility index (Phi) is 6.24. The molecule has 1 aromatic rings. The number of hydrogen-bond acceptors (Lipinski definition) is 5. The molecule has 1 atom stereocenters. The van der Waals surface area contributed by atoms with Crippen LogP contribution in [0.25, 0.3) is 0 Å². The molecule has 0 aliphatic carbocycles. The number of rotatable bonds is 7. The number of carbonyl (C=O) groups is 1. The summed E-state index contributed by atoms with van der Waals surface area (Å²) in [6.45, 7) is 6.70. The maximum atomic E-state index is 13.8. The lowest BCUT2D eigenvalue weighted by atomic mass is 10.1. The SMILES string of the molecule is CCOC(=O)c1cc(NCC(C)OCC)c(F)cc1N. The quantitative estimate of drug-likeness (QED) is 0.594. The van der Waals surface area contributed by atoms with Gasteiger partial charge < -0.3 is 20.5 Å². The van der Waals surface area contributed by atoms with Gasteiger partial charge >= 0.3 is 5.97 Å². The van der Waals surface area contributed by atoms with E-state index < -0.39 is 11.8 Å². The number of halogens is 1. The van der Waals surface area contributed by atoms with Crippen molar-refractivity contribution >= 4 is 17.3 Å². The molecular weight excluding hydrogens is 263 g/mol. The van der Waals surface area contributed by atoms with Gasteiger partial charge in [-0.3, -0.25) is 0 Å². The van der Waals surface area contributed by atoms with Crippen LogP contribution in [0.5, 0.6) is 0 Å². The van der Waals surface area contributed by atoms with Crippen LogP contribution >= 0.6 is 0 Å². The number of nitrogens with one attached hydrogen (secondary N) is 1. The summed E-state index contributed by atoms with van der Waals surface area (Å²) < 4.78 is 24.0. The first-order valence-electron chi connectivity index (χ1n) is 6.61. The molecule has 0 spiro atoms. The number of carbonyl (C=O) groups excluding carboxylic acids is 1. The molecule has 0 saturated heterocycles. The topological polar surface area (TPSA) is 73.6 Å². The van der Waals surface area contributed by atoms with Gasteiger partial charge in [0, 0.05) is 18.8 Å². The molecule has 0 aliphatic rings. The molecule has 0 bridgehead atoms. The number of benzene rings is 1. The zero-order valence-electron chi connectivity index (χ0n) is 12.0. The normalized spacial score (nSPS) is 12.0. The van der Waals surface area contributed by atoms with E-state index >= 15 is 0 Å². The lowest BCUT2D eigenvalue weighted by Gasteiger charge is -2.15. The van der Waals surface area contributed by atoms with Gasteiger partial charge in [-0.25, -0.2) is 9.18 Å². The summed E-state index contributed by atoms with van der Waals surface area (Å²) in [5.74, 6) is -1.08. The zero-order valence-corrected chi connectivity index (χ0v) is 12.0. The minimum Gasteiger partial charge on any atom is -0.462 e. The van der Waals surface area contributed by atoms with Crippen LogP contribution in [0.2, 0.25) is 0 Å². The standard InChI is InChI=1S/C14H21FN2O3/c1-4-19-9(3)8-17-13-6-10(14(18)20-5-2)12(16)7-11(13)15/h6-7,9,17H,4-5,8,16H2,1-3H3. The molecule has 0 heterocycles. The van der Waals surface area contributed by atoms with Gasteiger partial charge in [-0.05, 0) is 32.9 Å². The van der Waals surface area contributed by atoms with Gasteiger partial charge in [-0.1, -0.05) is 0 Å². The lowest BCUT2D eigenvalue weighted by Crippen LogP contribution is -2.20. The van der Waals surface area contributed by atoms with E-state index in [-0.39, 0.29) is 29.6 Å². The summed E-state index contributed by atoms with van der Waals surface area (Å²) >= 11 is 0. The Morgan fingerprint density at radius 3 is 2.70 bits per heavy atom. The smallest absolute Gasteiger partial charge is 0.340 e. The van der Waals surface area contributed by atoms with Crippen LogP contribution in [0.4, 0.5) is 15.8 Å². The number of hydrogen-bond donors (Lipinski definition) is 2. The fraction of sp³-hybridized carbons (Fsp3) is 0.500. The highest BCUT2D eigenvalue weighted by Crippen LogP contribution is 2.23. The summed E-state index contributed by atoms with van der Waals surface area (Å²) in [4.78, 5) is 11.7. The van der Waals surface area contributed by atoms with Crippen molar-refractivity contribution in [2.45, 2.75) is 26.9 Å². The zero-order chi connectivity index (χ0) is 15.1. The van der Waals surface area contributed by atoms with E-state index in [1.54, 1.807) is 6.92 Å². The minimum atomic E-state index is -0.564. The Labute approximate surface area is 118 Å². The Balaban J connectivity index is 2.85. The number of nitrogens with two attached hydrogens (primary N) is 1. The maximum Gasteiger partial charge on any atom is 0.340 e. The van der Waals surface area contributed by atoms with E-state index in [4.69, 9.17) is 15.2 Å². The fourth-order valence-electron chi connectivity index (χ4n) is 1.71. The van der Waals surface area contributed by atoms with Crippen molar-refractivity contribution in [2.24, 2.45) is 0 Å². The average Bonchev–Trinajstić information content (AvgIpc) is 2.38. The predicted molar refractivity (Wildman–Crippen MR) is 76.3 cm³/mol. The highest BCUT2D eigenvalue weighted by atomic mass is 19.1. The van der Waals surface area contributed by atoms with Crippen molar-refractivity contribution in [1.29, 1.82) is 0 Å². The van der Waals surface area contributed by atoms with Crippen LogP contribution in [0.15, 0.2) is 12.1 Å². The first-order valence-corrected chi connectivity index (χ1v) is 6.61. The number of nitrogen functional groups attached to an aromatic ring is 1.